The average molecular weight is 243 g/mol. The van der Waals surface area contributed by atoms with E-state index in [-0.39, 0.29) is 0 Å². The molecule has 3 aromatic rings. The van der Waals surface area contributed by atoms with Gasteiger partial charge in [-0.2, -0.15) is 16.4 Å². The van der Waals surface area contributed by atoms with E-state index in [2.05, 4.69) is 28.0 Å². The van der Waals surface area contributed by atoms with Gasteiger partial charge in [-0.3, -0.25) is 4.68 Å². The molecule has 0 saturated heterocycles. The van der Waals surface area contributed by atoms with Gasteiger partial charge in [0.25, 0.3) is 0 Å². The maximum Gasteiger partial charge on any atom is 0.153 e. The Morgan fingerprint density at radius 2 is 2.12 bits per heavy atom. The molecule has 4 heteroatoms. The first-order valence-electron chi connectivity index (χ1n) is 5.57. The van der Waals surface area contributed by atoms with Gasteiger partial charge >= 0.3 is 0 Å². The van der Waals surface area contributed by atoms with E-state index in [1.165, 1.54) is 5.56 Å². The lowest BCUT2D eigenvalue weighted by atomic mass is 10.2. The molecule has 2 N–H and O–H groups in total. The van der Waals surface area contributed by atoms with E-state index in [0.29, 0.717) is 5.82 Å². The monoisotopic (exact) mass is 243 g/mol. The summed E-state index contributed by atoms with van der Waals surface area (Å²) in [6.07, 6.45) is 0.995. The van der Waals surface area contributed by atoms with E-state index in [0.717, 1.165) is 23.9 Å². The van der Waals surface area contributed by atoms with Gasteiger partial charge in [-0.1, -0.05) is 12.1 Å². The normalized spacial score (nSPS) is 11.1. The highest BCUT2D eigenvalue weighted by Crippen LogP contribution is 2.20. The molecule has 0 aliphatic carbocycles. The molecule has 0 fully saturated rings. The van der Waals surface area contributed by atoms with Crippen LogP contribution in [0.4, 0.5) is 5.82 Å². The molecule has 0 saturated carbocycles. The fraction of sp³-hybridized carbons (Fsp3) is 0.154. The van der Waals surface area contributed by atoms with Gasteiger partial charge in [0, 0.05) is 11.9 Å². The third kappa shape index (κ3) is 1.91. The van der Waals surface area contributed by atoms with Crippen LogP contribution >= 0.6 is 11.3 Å². The largest absolute Gasteiger partial charge is 0.382 e. The summed E-state index contributed by atoms with van der Waals surface area (Å²) in [5.41, 5.74) is 8.36. The van der Waals surface area contributed by atoms with Crippen LogP contribution in [0.3, 0.4) is 0 Å². The number of nitrogen functional groups attached to an aromatic ring is 1. The summed E-state index contributed by atoms with van der Waals surface area (Å²) in [7, 11) is 0. The van der Waals surface area contributed by atoms with Gasteiger partial charge in [-0.25, -0.2) is 0 Å². The number of fused-ring (bicyclic) bond motifs is 1. The van der Waals surface area contributed by atoms with Crippen LogP contribution < -0.4 is 5.73 Å². The minimum atomic E-state index is 0.617. The quantitative estimate of drug-likeness (QED) is 0.768. The first kappa shape index (κ1) is 10.4. The van der Waals surface area contributed by atoms with Gasteiger partial charge < -0.3 is 5.73 Å². The molecule has 0 spiro atoms. The second-order valence-corrected chi connectivity index (χ2v) is 4.79. The molecule has 0 atom stereocenters. The Labute approximate surface area is 103 Å². The molecule has 2 aromatic heterocycles. The maximum atomic E-state index is 5.90. The molecule has 2 heterocycles. The Balaban J connectivity index is 1.90. The lowest BCUT2D eigenvalue weighted by Gasteiger charge is -2.01. The van der Waals surface area contributed by atoms with Crippen LogP contribution in [-0.4, -0.2) is 9.78 Å². The number of hydrogen-bond donors (Lipinski definition) is 1. The first-order valence-corrected chi connectivity index (χ1v) is 6.51. The second-order valence-electron chi connectivity index (χ2n) is 4.01. The number of aromatic nitrogens is 2. The Morgan fingerprint density at radius 1 is 1.24 bits per heavy atom. The molecule has 17 heavy (non-hydrogen) atoms. The zero-order valence-corrected chi connectivity index (χ0v) is 10.2. The van der Waals surface area contributed by atoms with E-state index in [1.807, 2.05) is 22.9 Å². The molecule has 3 nitrogen and oxygen atoms in total. The Bertz CT molecular complexity index is 625. The lowest BCUT2D eigenvalue weighted by molar-refractivity contribution is 0.639. The molecular formula is C13H13N3S. The summed E-state index contributed by atoms with van der Waals surface area (Å²) >= 11 is 1.73. The zero-order valence-electron chi connectivity index (χ0n) is 9.34. The maximum absolute atomic E-state index is 5.90. The van der Waals surface area contributed by atoms with Crippen LogP contribution in [0.1, 0.15) is 5.56 Å². The van der Waals surface area contributed by atoms with Crippen LogP contribution in [0.2, 0.25) is 0 Å². The van der Waals surface area contributed by atoms with Gasteiger partial charge in [-0.15, -0.1) is 0 Å². The highest BCUT2D eigenvalue weighted by atomic mass is 32.1. The number of hydrogen-bond acceptors (Lipinski definition) is 3. The summed E-state index contributed by atoms with van der Waals surface area (Å²) in [4.78, 5) is 0. The van der Waals surface area contributed by atoms with Crippen LogP contribution in [0.15, 0.2) is 41.1 Å². The van der Waals surface area contributed by atoms with Gasteiger partial charge in [0.05, 0.1) is 5.52 Å². The van der Waals surface area contributed by atoms with Crippen LogP contribution in [-0.2, 0) is 13.0 Å². The van der Waals surface area contributed by atoms with Crippen molar-refractivity contribution in [2.45, 2.75) is 13.0 Å². The summed E-state index contributed by atoms with van der Waals surface area (Å²) in [6.45, 7) is 0.869. The zero-order chi connectivity index (χ0) is 11.7. The van der Waals surface area contributed by atoms with Crippen molar-refractivity contribution in [2.24, 2.45) is 0 Å². The van der Waals surface area contributed by atoms with Crippen molar-refractivity contribution in [2.75, 3.05) is 5.73 Å². The van der Waals surface area contributed by atoms with Crippen molar-refractivity contribution in [1.82, 2.24) is 9.78 Å². The summed E-state index contributed by atoms with van der Waals surface area (Å²) in [6, 6.07) is 10.2. The molecule has 0 unspecified atom stereocenters. The van der Waals surface area contributed by atoms with Crippen LogP contribution in [0, 0.1) is 0 Å². The van der Waals surface area contributed by atoms with E-state index in [1.54, 1.807) is 11.3 Å². The summed E-state index contributed by atoms with van der Waals surface area (Å²) < 4.78 is 1.99. The lowest BCUT2D eigenvalue weighted by Crippen LogP contribution is -2.03. The fourth-order valence-electron chi connectivity index (χ4n) is 1.99. The Morgan fingerprint density at radius 3 is 2.94 bits per heavy atom. The molecule has 0 aliphatic heterocycles. The minimum absolute atomic E-state index is 0.617. The SMILES string of the molecule is Nc1nn(CCc2ccsc2)c2ccccc12. The van der Waals surface area contributed by atoms with Crippen LogP contribution in [0.5, 0.6) is 0 Å². The van der Waals surface area contributed by atoms with Crippen molar-refractivity contribution < 1.29 is 0 Å². The van der Waals surface area contributed by atoms with E-state index in [4.69, 9.17) is 5.73 Å². The van der Waals surface area contributed by atoms with Gasteiger partial charge in [0.15, 0.2) is 5.82 Å². The molecule has 0 radical (unpaired) electrons. The smallest absolute Gasteiger partial charge is 0.153 e. The molecule has 86 valence electrons. The van der Waals surface area contributed by atoms with Gasteiger partial charge in [0.2, 0.25) is 0 Å². The number of para-hydroxylation sites is 1. The molecule has 0 aliphatic rings. The Hall–Kier alpha value is -1.81. The predicted octanol–water partition coefficient (Wildman–Crippen LogP) is 2.92. The molecule has 0 amide bonds. The minimum Gasteiger partial charge on any atom is -0.382 e. The Kier molecular flexibility index (Phi) is 2.57. The van der Waals surface area contributed by atoms with Crippen molar-refractivity contribution in [3.8, 4) is 0 Å². The average Bonchev–Trinajstić information content (AvgIpc) is 2.96. The van der Waals surface area contributed by atoms with Gasteiger partial charge in [0.1, 0.15) is 0 Å². The van der Waals surface area contributed by atoms with Crippen molar-refractivity contribution in [1.29, 1.82) is 0 Å². The number of thiophene rings is 1. The van der Waals surface area contributed by atoms with E-state index in [9.17, 15) is 0 Å². The van der Waals surface area contributed by atoms with Gasteiger partial charge in [-0.05, 0) is 40.9 Å². The first-order chi connectivity index (χ1) is 8.34. The third-order valence-electron chi connectivity index (χ3n) is 2.88. The fourth-order valence-corrected chi connectivity index (χ4v) is 2.70. The van der Waals surface area contributed by atoms with E-state index < -0.39 is 0 Å². The third-order valence-corrected chi connectivity index (χ3v) is 3.61. The number of benzene rings is 1. The predicted molar refractivity (Wildman–Crippen MR) is 72.2 cm³/mol. The number of nitrogens with zero attached hydrogens (tertiary/aromatic N) is 2. The molecular weight excluding hydrogens is 230 g/mol. The standard InChI is InChI=1S/C13H13N3S/c14-13-11-3-1-2-4-12(11)16(15-13)7-5-10-6-8-17-9-10/h1-4,6,8-9H,5,7H2,(H2,14,15). The topological polar surface area (TPSA) is 43.8 Å². The number of anilines is 1. The number of rotatable bonds is 3. The second kappa shape index (κ2) is 4.22. The molecule has 3 rings (SSSR count). The van der Waals surface area contributed by atoms with Crippen LogP contribution in [0.25, 0.3) is 10.9 Å². The van der Waals surface area contributed by atoms with Crippen molar-refractivity contribution in [3.63, 3.8) is 0 Å². The summed E-state index contributed by atoms with van der Waals surface area (Å²) in [5.74, 6) is 0.617. The van der Waals surface area contributed by atoms with Crippen molar-refractivity contribution in [3.05, 3.63) is 46.7 Å². The summed E-state index contributed by atoms with van der Waals surface area (Å²) in [5, 5.41) is 9.70. The number of nitrogens with two attached hydrogens (primary N) is 1. The highest BCUT2D eigenvalue weighted by molar-refractivity contribution is 7.07. The molecule has 1 aromatic carbocycles. The highest BCUT2D eigenvalue weighted by Gasteiger charge is 2.06. The number of aryl methyl sites for hydroxylation is 2. The van der Waals surface area contributed by atoms with E-state index >= 15 is 0 Å². The van der Waals surface area contributed by atoms with Crippen molar-refractivity contribution >= 4 is 28.1 Å². The molecule has 0 bridgehead atoms.